The molecule has 2 nitrogen and oxygen atoms in total. The highest BCUT2D eigenvalue weighted by molar-refractivity contribution is 5.30. The molecular weight excluding hydrogens is 220 g/mol. The molecule has 0 spiro atoms. The van der Waals surface area contributed by atoms with Gasteiger partial charge in [-0.25, -0.2) is 0 Å². The van der Waals surface area contributed by atoms with E-state index in [-0.39, 0.29) is 0 Å². The van der Waals surface area contributed by atoms with Gasteiger partial charge in [-0.2, -0.15) is 0 Å². The lowest BCUT2D eigenvalue weighted by atomic mass is 9.86. The first-order chi connectivity index (χ1) is 8.81. The molecule has 3 N–H and O–H groups in total. The molecule has 0 aromatic heterocycles. The van der Waals surface area contributed by atoms with Crippen LogP contribution in [0.25, 0.3) is 0 Å². The summed E-state index contributed by atoms with van der Waals surface area (Å²) < 4.78 is 0. The predicted molar refractivity (Wildman–Crippen MR) is 75.6 cm³/mol. The highest BCUT2D eigenvalue weighted by Crippen LogP contribution is 2.23. The fraction of sp³-hybridized carbons (Fsp3) is 0.625. The predicted octanol–water partition coefficient (Wildman–Crippen LogP) is 2.40. The van der Waals surface area contributed by atoms with Crippen LogP contribution in [0, 0.1) is 0 Å². The second-order valence-electron chi connectivity index (χ2n) is 6.00. The minimum Gasteiger partial charge on any atom is -0.328 e. The zero-order valence-electron chi connectivity index (χ0n) is 11.1. The maximum Gasteiger partial charge on any atom is 0.0113 e. The van der Waals surface area contributed by atoms with Crippen LogP contribution >= 0.6 is 0 Å². The molecule has 2 aliphatic carbocycles. The van der Waals surface area contributed by atoms with Crippen molar-refractivity contribution < 1.29 is 0 Å². The van der Waals surface area contributed by atoms with Crippen LogP contribution in [-0.2, 0) is 12.8 Å². The smallest absolute Gasteiger partial charge is 0.0113 e. The molecule has 2 heteroatoms. The SMILES string of the molecule is NC1CCCC(NC2CCc3ccccc3C2)C1. The van der Waals surface area contributed by atoms with Crippen molar-refractivity contribution in [2.75, 3.05) is 0 Å². The highest BCUT2D eigenvalue weighted by atomic mass is 15.0. The van der Waals surface area contributed by atoms with Crippen molar-refractivity contribution in [1.82, 2.24) is 5.32 Å². The number of hydrogen-bond acceptors (Lipinski definition) is 2. The molecule has 1 saturated carbocycles. The topological polar surface area (TPSA) is 38.0 Å². The van der Waals surface area contributed by atoms with E-state index in [1.165, 1.54) is 38.5 Å². The molecule has 1 fully saturated rings. The molecule has 98 valence electrons. The molecule has 0 saturated heterocycles. The van der Waals surface area contributed by atoms with Gasteiger partial charge in [-0.15, -0.1) is 0 Å². The summed E-state index contributed by atoms with van der Waals surface area (Å²) in [6.45, 7) is 0. The summed E-state index contributed by atoms with van der Waals surface area (Å²) in [6.07, 6.45) is 8.69. The lowest BCUT2D eigenvalue weighted by Crippen LogP contribution is -2.46. The van der Waals surface area contributed by atoms with Gasteiger partial charge in [-0.1, -0.05) is 30.7 Å². The van der Waals surface area contributed by atoms with E-state index in [1.807, 2.05) is 0 Å². The number of nitrogens with one attached hydrogen (secondary N) is 1. The van der Waals surface area contributed by atoms with E-state index in [9.17, 15) is 0 Å². The van der Waals surface area contributed by atoms with Gasteiger partial charge in [0.05, 0.1) is 0 Å². The minimum absolute atomic E-state index is 0.423. The molecule has 1 aromatic rings. The largest absolute Gasteiger partial charge is 0.328 e. The van der Waals surface area contributed by atoms with Crippen molar-refractivity contribution in [3.8, 4) is 0 Å². The summed E-state index contributed by atoms with van der Waals surface area (Å²) in [5.41, 5.74) is 9.16. The zero-order valence-corrected chi connectivity index (χ0v) is 11.1. The van der Waals surface area contributed by atoms with Crippen LogP contribution < -0.4 is 11.1 Å². The average molecular weight is 244 g/mol. The van der Waals surface area contributed by atoms with Gasteiger partial charge in [0.1, 0.15) is 0 Å². The summed E-state index contributed by atoms with van der Waals surface area (Å²) >= 11 is 0. The fourth-order valence-electron chi connectivity index (χ4n) is 3.55. The van der Waals surface area contributed by atoms with Crippen molar-refractivity contribution in [2.24, 2.45) is 5.73 Å². The number of nitrogens with two attached hydrogens (primary N) is 1. The second kappa shape index (κ2) is 5.41. The Hall–Kier alpha value is -0.860. The Bertz CT molecular complexity index is 402. The van der Waals surface area contributed by atoms with Gasteiger partial charge in [0.25, 0.3) is 0 Å². The van der Waals surface area contributed by atoms with E-state index < -0.39 is 0 Å². The molecule has 3 atom stereocenters. The molecule has 0 aliphatic heterocycles. The maximum absolute atomic E-state index is 6.07. The minimum atomic E-state index is 0.423. The Kier molecular flexibility index (Phi) is 3.67. The van der Waals surface area contributed by atoms with Crippen LogP contribution in [0.5, 0.6) is 0 Å². The summed E-state index contributed by atoms with van der Waals surface area (Å²) in [5.74, 6) is 0. The molecule has 0 radical (unpaired) electrons. The molecule has 2 aliphatic rings. The number of fused-ring (bicyclic) bond motifs is 1. The van der Waals surface area contributed by atoms with Crippen LogP contribution in [0.4, 0.5) is 0 Å². The first-order valence-electron chi connectivity index (χ1n) is 7.39. The van der Waals surface area contributed by atoms with E-state index in [1.54, 1.807) is 11.1 Å². The Morgan fingerprint density at radius 2 is 1.83 bits per heavy atom. The third kappa shape index (κ3) is 2.76. The van der Waals surface area contributed by atoms with Crippen molar-refractivity contribution >= 4 is 0 Å². The molecule has 3 rings (SSSR count). The van der Waals surface area contributed by atoms with Crippen LogP contribution in [-0.4, -0.2) is 18.1 Å². The fourth-order valence-corrected chi connectivity index (χ4v) is 3.55. The summed E-state index contributed by atoms with van der Waals surface area (Å²) in [4.78, 5) is 0. The molecular formula is C16H24N2. The normalized spacial score (nSPS) is 31.9. The lowest BCUT2D eigenvalue weighted by molar-refractivity contribution is 0.299. The number of aryl methyl sites for hydroxylation is 1. The lowest BCUT2D eigenvalue weighted by Gasteiger charge is -2.33. The van der Waals surface area contributed by atoms with Crippen molar-refractivity contribution in [1.29, 1.82) is 0 Å². The van der Waals surface area contributed by atoms with Gasteiger partial charge in [-0.05, 0) is 49.7 Å². The number of hydrogen-bond donors (Lipinski definition) is 2. The van der Waals surface area contributed by atoms with Crippen molar-refractivity contribution in [3.05, 3.63) is 35.4 Å². The molecule has 0 bridgehead atoms. The second-order valence-corrected chi connectivity index (χ2v) is 6.00. The first-order valence-corrected chi connectivity index (χ1v) is 7.39. The van der Waals surface area contributed by atoms with E-state index in [2.05, 4.69) is 29.6 Å². The highest BCUT2D eigenvalue weighted by Gasteiger charge is 2.24. The van der Waals surface area contributed by atoms with Gasteiger partial charge >= 0.3 is 0 Å². The van der Waals surface area contributed by atoms with Crippen LogP contribution in [0.1, 0.15) is 43.2 Å². The summed E-state index contributed by atoms with van der Waals surface area (Å²) in [7, 11) is 0. The third-order valence-corrected chi connectivity index (χ3v) is 4.53. The van der Waals surface area contributed by atoms with Gasteiger partial charge in [0, 0.05) is 18.1 Å². The first kappa shape index (κ1) is 12.2. The van der Waals surface area contributed by atoms with Crippen molar-refractivity contribution in [2.45, 2.75) is 63.1 Å². The van der Waals surface area contributed by atoms with Crippen LogP contribution in [0.2, 0.25) is 0 Å². The Morgan fingerprint density at radius 3 is 2.67 bits per heavy atom. The van der Waals surface area contributed by atoms with Crippen LogP contribution in [0.3, 0.4) is 0 Å². The van der Waals surface area contributed by atoms with Gasteiger partial charge < -0.3 is 11.1 Å². The van der Waals surface area contributed by atoms with Gasteiger partial charge in [0.15, 0.2) is 0 Å². The monoisotopic (exact) mass is 244 g/mol. The Balaban J connectivity index is 1.59. The van der Waals surface area contributed by atoms with Crippen molar-refractivity contribution in [3.63, 3.8) is 0 Å². The van der Waals surface area contributed by atoms with Gasteiger partial charge in [0.2, 0.25) is 0 Å². The Labute approximate surface area is 110 Å². The Morgan fingerprint density at radius 1 is 1.00 bits per heavy atom. The van der Waals surface area contributed by atoms with E-state index in [4.69, 9.17) is 5.73 Å². The van der Waals surface area contributed by atoms with E-state index >= 15 is 0 Å². The standard InChI is InChI=1S/C16H24N2/c17-14-6-3-7-15(11-14)18-16-9-8-12-4-1-2-5-13(12)10-16/h1-2,4-5,14-16,18H,3,6-11,17H2. The molecule has 18 heavy (non-hydrogen) atoms. The van der Waals surface area contributed by atoms with Gasteiger partial charge in [-0.3, -0.25) is 0 Å². The maximum atomic E-state index is 6.07. The average Bonchev–Trinajstić information content (AvgIpc) is 2.39. The van der Waals surface area contributed by atoms with E-state index in [0.29, 0.717) is 18.1 Å². The number of rotatable bonds is 2. The third-order valence-electron chi connectivity index (χ3n) is 4.53. The van der Waals surface area contributed by atoms with E-state index in [0.717, 1.165) is 6.42 Å². The quantitative estimate of drug-likeness (QED) is 0.838. The summed E-state index contributed by atoms with van der Waals surface area (Å²) in [5, 5.41) is 3.85. The summed E-state index contributed by atoms with van der Waals surface area (Å²) in [6, 6.07) is 10.6. The molecule has 0 amide bonds. The molecule has 0 heterocycles. The molecule has 3 unspecified atom stereocenters. The molecule has 1 aromatic carbocycles. The van der Waals surface area contributed by atoms with Crippen LogP contribution in [0.15, 0.2) is 24.3 Å². The zero-order chi connectivity index (χ0) is 12.4. The number of benzene rings is 1.